The molecule has 0 unspecified atom stereocenters. The lowest BCUT2D eigenvalue weighted by Crippen LogP contribution is -2.46. The van der Waals surface area contributed by atoms with E-state index in [-0.39, 0.29) is 5.91 Å². The highest BCUT2D eigenvalue weighted by molar-refractivity contribution is 6.30. The monoisotopic (exact) mass is 330 g/mol. The van der Waals surface area contributed by atoms with Crippen molar-refractivity contribution in [3.05, 3.63) is 47.6 Å². The average molecular weight is 331 g/mol. The molecule has 0 atom stereocenters. The molecule has 0 radical (unpaired) electrons. The fraction of sp³-hybridized carbons (Fsp3) is 0.294. The first-order valence-corrected chi connectivity index (χ1v) is 7.99. The summed E-state index contributed by atoms with van der Waals surface area (Å²) >= 11 is 6.06. The van der Waals surface area contributed by atoms with Crippen LogP contribution in [-0.2, 0) is 4.79 Å². The molecule has 0 aliphatic carbocycles. The van der Waals surface area contributed by atoms with E-state index in [1.54, 1.807) is 6.20 Å². The lowest BCUT2D eigenvalue weighted by molar-refractivity contribution is -0.114. The van der Waals surface area contributed by atoms with E-state index >= 15 is 0 Å². The van der Waals surface area contributed by atoms with E-state index in [9.17, 15) is 4.79 Å². The van der Waals surface area contributed by atoms with Crippen LogP contribution in [0.3, 0.4) is 0 Å². The highest BCUT2D eigenvalue weighted by Gasteiger charge is 2.18. The quantitative estimate of drug-likeness (QED) is 0.939. The van der Waals surface area contributed by atoms with Gasteiger partial charge in [0.2, 0.25) is 5.91 Å². The predicted molar refractivity (Wildman–Crippen MR) is 94.4 cm³/mol. The molecule has 2 aromatic rings. The minimum atomic E-state index is -0.111. The van der Waals surface area contributed by atoms with E-state index in [2.05, 4.69) is 26.2 Å². The second-order valence-electron chi connectivity index (χ2n) is 5.54. The molecule has 6 heteroatoms. The first-order valence-electron chi connectivity index (χ1n) is 7.61. The van der Waals surface area contributed by atoms with Gasteiger partial charge in [-0.15, -0.1) is 0 Å². The van der Waals surface area contributed by atoms with E-state index in [1.807, 2.05) is 30.3 Å². The smallest absolute Gasteiger partial charge is 0.222 e. The summed E-state index contributed by atoms with van der Waals surface area (Å²) in [6.07, 6.45) is 1.81. The summed E-state index contributed by atoms with van der Waals surface area (Å²) in [6.45, 7) is 5.20. The summed E-state index contributed by atoms with van der Waals surface area (Å²) in [4.78, 5) is 19.9. The SMILES string of the molecule is CC(=O)Nc1ccc(N2CCN(c3cccc(Cl)c3)CC2)cn1. The molecule has 1 aromatic carbocycles. The van der Waals surface area contributed by atoms with Gasteiger partial charge >= 0.3 is 0 Å². The van der Waals surface area contributed by atoms with Crippen molar-refractivity contribution >= 4 is 34.7 Å². The average Bonchev–Trinajstić information content (AvgIpc) is 2.55. The van der Waals surface area contributed by atoms with Crippen molar-refractivity contribution in [3.8, 4) is 0 Å². The molecular formula is C17H19ClN4O. The number of halogens is 1. The van der Waals surface area contributed by atoms with Crippen LogP contribution in [0.2, 0.25) is 5.02 Å². The summed E-state index contributed by atoms with van der Waals surface area (Å²) in [5, 5.41) is 3.45. The van der Waals surface area contributed by atoms with E-state index in [0.717, 1.165) is 42.6 Å². The first kappa shape index (κ1) is 15.6. The van der Waals surface area contributed by atoms with Crippen molar-refractivity contribution in [2.45, 2.75) is 6.92 Å². The number of amides is 1. The fourth-order valence-electron chi connectivity index (χ4n) is 2.72. The zero-order chi connectivity index (χ0) is 16.2. The van der Waals surface area contributed by atoms with Crippen LogP contribution in [-0.4, -0.2) is 37.1 Å². The van der Waals surface area contributed by atoms with Crippen LogP contribution >= 0.6 is 11.6 Å². The zero-order valence-corrected chi connectivity index (χ0v) is 13.8. The number of hydrogen-bond acceptors (Lipinski definition) is 4. The predicted octanol–water partition coefficient (Wildman–Crippen LogP) is 3.02. The third-order valence-corrected chi connectivity index (χ3v) is 4.11. The molecule has 1 fully saturated rings. The Hall–Kier alpha value is -2.27. The maximum absolute atomic E-state index is 11.0. The largest absolute Gasteiger partial charge is 0.368 e. The van der Waals surface area contributed by atoms with Crippen LogP contribution in [0.5, 0.6) is 0 Å². The molecule has 2 heterocycles. The van der Waals surface area contributed by atoms with Crippen molar-refractivity contribution in [3.63, 3.8) is 0 Å². The third-order valence-electron chi connectivity index (χ3n) is 3.87. The number of pyridine rings is 1. The van der Waals surface area contributed by atoms with Crippen LogP contribution < -0.4 is 15.1 Å². The van der Waals surface area contributed by atoms with E-state index in [0.29, 0.717) is 5.82 Å². The topological polar surface area (TPSA) is 48.5 Å². The zero-order valence-electron chi connectivity index (χ0n) is 13.0. The van der Waals surface area contributed by atoms with Gasteiger partial charge in [0.1, 0.15) is 5.82 Å². The summed E-state index contributed by atoms with van der Waals surface area (Å²) in [5.74, 6) is 0.471. The molecule has 1 amide bonds. The van der Waals surface area contributed by atoms with Gasteiger partial charge in [-0.25, -0.2) is 4.98 Å². The van der Waals surface area contributed by atoms with Gasteiger partial charge in [0, 0.05) is 43.8 Å². The van der Waals surface area contributed by atoms with Crippen molar-refractivity contribution in [1.82, 2.24) is 4.98 Å². The highest BCUT2D eigenvalue weighted by atomic mass is 35.5. The Labute approximate surface area is 140 Å². The van der Waals surface area contributed by atoms with E-state index in [1.165, 1.54) is 6.92 Å². The van der Waals surface area contributed by atoms with E-state index in [4.69, 9.17) is 11.6 Å². The maximum atomic E-state index is 11.0. The van der Waals surface area contributed by atoms with Gasteiger partial charge < -0.3 is 15.1 Å². The van der Waals surface area contributed by atoms with Gasteiger partial charge in [0.05, 0.1) is 11.9 Å². The second kappa shape index (κ2) is 6.87. The van der Waals surface area contributed by atoms with Gasteiger partial charge in [-0.05, 0) is 30.3 Å². The van der Waals surface area contributed by atoms with Gasteiger partial charge in [0.15, 0.2) is 0 Å². The molecule has 0 spiro atoms. The summed E-state index contributed by atoms with van der Waals surface area (Å²) in [6, 6.07) is 11.8. The Balaban J connectivity index is 1.61. The van der Waals surface area contributed by atoms with Gasteiger partial charge in [-0.1, -0.05) is 17.7 Å². The number of carbonyl (C=O) groups excluding carboxylic acids is 1. The Morgan fingerprint density at radius 1 is 1.09 bits per heavy atom. The fourth-order valence-corrected chi connectivity index (χ4v) is 2.91. The van der Waals surface area contributed by atoms with Crippen molar-refractivity contribution in [2.75, 3.05) is 41.3 Å². The van der Waals surface area contributed by atoms with E-state index < -0.39 is 0 Å². The molecule has 1 aliphatic heterocycles. The number of anilines is 3. The molecule has 1 aromatic heterocycles. The number of benzene rings is 1. The molecule has 1 saturated heterocycles. The van der Waals surface area contributed by atoms with Crippen LogP contribution in [0, 0.1) is 0 Å². The Morgan fingerprint density at radius 2 is 1.78 bits per heavy atom. The minimum absolute atomic E-state index is 0.111. The summed E-state index contributed by atoms with van der Waals surface area (Å²) in [5.41, 5.74) is 2.24. The lowest BCUT2D eigenvalue weighted by atomic mass is 10.2. The number of piperazine rings is 1. The standard InChI is InChI=1S/C17H19ClN4O/c1-13(23)20-17-6-5-16(12-19-17)22-9-7-21(8-10-22)15-4-2-3-14(18)11-15/h2-6,11-12H,7-10H2,1H3,(H,19,20,23). The normalized spacial score (nSPS) is 14.7. The molecule has 120 valence electrons. The summed E-state index contributed by atoms with van der Waals surface area (Å²) in [7, 11) is 0. The van der Waals surface area contributed by atoms with Gasteiger partial charge in [0.25, 0.3) is 0 Å². The molecule has 23 heavy (non-hydrogen) atoms. The Morgan fingerprint density at radius 3 is 2.35 bits per heavy atom. The van der Waals surface area contributed by atoms with Gasteiger partial charge in [-0.3, -0.25) is 4.79 Å². The highest BCUT2D eigenvalue weighted by Crippen LogP contribution is 2.23. The summed E-state index contributed by atoms with van der Waals surface area (Å²) < 4.78 is 0. The van der Waals surface area contributed by atoms with Gasteiger partial charge in [-0.2, -0.15) is 0 Å². The van der Waals surface area contributed by atoms with Crippen molar-refractivity contribution in [1.29, 1.82) is 0 Å². The third kappa shape index (κ3) is 3.93. The molecule has 0 saturated carbocycles. The minimum Gasteiger partial charge on any atom is -0.368 e. The number of nitrogens with one attached hydrogen (secondary N) is 1. The lowest BCUT2D eigenvalue weighted by Gasteiger charge is -2.37. The number of carbonyl (C=O) groups is 1. The Bertz CT molecular complexity index is 681. The maximum Gasteiger partial charge on any atom is 0.222 e. The molecular weight excluding hydrogens is 312 g/mol. The molecule has 5 nitrogen and oxygen atoms in total. The first-order chi connectivity index (χ1) is 11.1. The van der Waals surface area contributed by atoms with Crippen molar-refractivity contribution in [2.24, 2.45) is 0 Å². The molecule has 3 rings (SSSR count). The van der Waals surface area contributed by atoms with Crippen LogP contribution in [0.15, 0.2) is 42.6 Å². The molecule has 1 aliphatic rings. The van der Waals surface area contributed by atoms with Crippen molar-refractivity contribution < 1.29 is 4.79 Å². The molecule has 0 bridgehead atoms. The number of aromatic nitrogens is 1. The number of hydrogen-bond donors (Lipinski definition) is 1. The number of nitrogens with zero attached hydrogens (tertiary/aromatic N) is 3. The second-order valence-corrected chi connectivity index (χ2v) is 5.97. The van der Waals surface area contributed by atoms with Crippen LogP contribution in [0.4, 0.5) is 17.2 Å². The van der Waals surface area contributed by atoms with Crippen LogP contribution in [0.25, 0.3) is 0 Å². The Kier molecular flexibility index (Phi) is 4.67. The number of rotatable bonds is 3. The van der Waals surface area contributed by atoms with Crippen LogP contribution in [0.1, 0.15) is 6.92 Å². The molecule has 1 N–H and O–H groups in total.